The van der Waals surface area contributed by atoms with Crippen LogP contribution in [0, 0.1) is 0 Å². The number of hydrogen-bond donors (Lipinski definition) is 2. The van der Waals surface area contributed by atoms with Crippen molar-refractivity contribution >= 4 is 36.4 Å². The number of carbonyl (C=O) groups excluding carboxylic acids is 1. The summed E-state index contributed by atoms with van der Waals surface area (Å²) in [6, 6.07) is 6.94. The molecule has 1 aliphatic heterocycles. The highest BCUT2D eigenvalue weighted by Gasteiger charge is 2.10. The summed E-state index contributed by atoms with van der Waals surface area (Å²) in [6.07, 6.45) is 0. The van der Waals surface area contributed by atoms with Crippen LogP contribution in [0.2, 0.25) is 0 Å². The van der Waals surface area contributed by atoms with Gasteiger partial charge in [-0.3, -0.25) is 9.69 Å². The Bertz CT molecular complexity index is 395. The average Bonchev–Trinajstić information content (AvgIpc) is 2.40. The fraction of sp³-hybridized carbons (Fsp3) is 0.462. The van der Waals surface area contributed by atoms with Gasteiger partial charge in [-0.05, 0) is 24.3 Å². The van der Waals surface area contributed by atoms with Crippen molar-refractivity contribution in [2.45, 2.75) is 0 Å². The quantitative estimate of drug-likeness (QED) is 0.817. The number of halogens is 2. The summed E-state index contributed by atoms with van der Waals surface area (Å²) in [5.41, 5.74) is 6.89. The Morgan fingerprint density at radius 3 is 2.40 bits per heavy atom. The van der Waals surface area contributed by atoms with Crippen LogP contribution < -0.4 is 11.1 Å². The summed E-state index contributed by atoms with van der Waals surface area (Å²) in [5.74, 6) is -0.0525. The van der Waals surface area contributed by atoms with E-state index in [1.165, 1.54) is 0 Å². The first-order valence-electron chi connectivity index (χ1n) is 6.19. The molecule has 3 N–H and O–H groups in total. The molecule has 1 saturated heterocycles. The average molecular weight is 322 g/mol. The highest BCUT2D eigenvalue weighted by Crippen LogP contribution is 2.05. The Balaban J connectivity index is 0.00000180. The van der Waals surface area contributed by atoms with Gasteiger partial charge in [-0.1, -0.05) is 0 Å². The molecular weight excluding hydrogens is 301 g/mol. The van der Waals surface area contributed by atoms with E-state index in [1.54, 1.807) is 24.3 Å². The van der Waals surface area contributed by atoms with Gasteiger partial charge in [-0.2, -0.15) is 0 Å². The molecule has 0 atom stereocenters. The zero-order chi connectivity index (χ0) is 12.8. The van der Waals surface area contributed by atoms with Crippen LogP contribution in [0.25, 0.3) is 0 Å². The predicted octanol–water partition coefficient (Wildman–Crippen LogP) is 1.17. The minimum absolute atomic E-state index is 0. The minimum atomic E-state index is -0.0525. The standard InChI is InChI=1S/C13H19N3O2.2ClH/c14-12-3-1-11(2-4-12)13(17)15-5-6-16-7-9-18-10-8-16;;/h1-4H,5-10,14H2,(H,15,17);2*1H. The summed E-state index contributed by atoms with van der Waals surface area (Å²) >= 11 is 0. The molecule has 0 spiro atoms. The number of carbonyl (C=O) groups is 1. The first kappa shape index (κ1) is 19.0. The van der Waals surface area contributed by atoms with Gasteiger partial charge in [-0.15, -0.1) is 24.8 Å². The van der Waals surface area contributed by atoms with Gasteiger partial charge in [0.25, 0.3) is 5.91 Å². The molecule has 1 aromatic carbocycles. The van der Waals surface area contributed by atoms with E-state index >= 15 is 0 Å². The van der Waals surface area contributed by atoms with E-state index in [1.807, 2.05) is 0 Å². The number of nitrogen functional groups attached to an aromatic ring is 1. The van der Waals surface area contributed by atoms with E-state index < -0.39 is 0 Å². The van der Waals surface area contributed by atoms with Crippen LogP contribution in [0.3, 0.4) is 0 Å². The van der Waals surface area contributed by atoms with E-state index in [-0.39, 0.29) is 30.7 Å². The number of anilines is 1. The first-order chi connectivity index (χ1) is 8.75. The van der Waals surface area contributed by atoms with Crippen molar-refractivity contribution in [2.75, 3.05) is 45.1 Å². The Hall–Kier alpha value is -1.01. The Morgan fingerprint density at radius 2 is 1.80 bits per heavy atom. The number of ether oxygens (including phenoxy) is 1. The highest BCUT2D eigenvalue weighted by atomic mass is 35.5. The molecule has 1 heterocycles. The number of benzene rings is 1. The molecule has 20 heavy (non-hydrogen) atoms. The van der Waals surface area contributed by atoms with Crippen molar-refractivity contribution in [2.24, 2.45) is 0 Å². The molecule has 1 aromatic rings. The number of hydrogen-bond acceptors (Lipinski definition) is 4. The summed E-state index contributed by atoms with van der Waals surface area (Å²) in [7, 11) is 0. The van der Waals surface area contributed by atoms with Crippen LogP contribution in [-0.2, 0) is 4.74 Å². The van der Waals surface area contributed by atoms with Gasteiger partial charge in [0.1, 0.15) is 0 Å². The zero-order valence-electron chi connectivity index (χ0n) is 11.2. The molecule has 0 aliphatic carbocycles. The van der Waals surface area contributed by atoms with Gasteiger partial charge in [-0.25, -0.2) is 0 Å². The van der Waals surface area contributed by atoms with Crippen LogP contribution in [0.4, 0.5) is 5.69 Å². The van der Waals surface area contributed by atoms with Crippen molar-refractivity contribution in [3.8, 4) is 0 Å². The Labute approximate surface area is 131 Å². The molecular formula is C13H21Cl2N3O2. The SMILES string of the molecule is Cl.Cl.Nc1ccc(C(=O)NCCN2CCOCC2)cc1. The zero-order valence-corrected chi connectivity index (χ0v) is 12.8. The minimum Gasteiger partial charge on any atom is -0.399 e. The smallest absolute Gasteiger partial charge is 0.251 e. The Kier molecular flexibility index (Phi) is 9.33. The Morgan fingerprint density at radius 1 is 1.20 bits per heavy atom. The maximum Gasteiger partial charge on any atom is 0.251 e. The number of nitrogens with two attached hydrogens (primary N) is 1. The van der Waals surface area contributed by atoms with Crippen molar-refractivity contribution < 1.29 is 9.53 Å². The van der Waals surface area contributed by atoms with Crippen molar-refractivity contribution in [1.82, 2.24) is 10.2 Å². The molecule has 2 rings (SSSR count). The van der Waals surface area contributed by atoms with Gasteiger partial charge < -0.3 is 15.8 Å². The van der Waals surface area contributed by atoms with Crippen molar-refractivity contribution in [3.05, 3.63) is 29.8 Å². The first-order valence-corrected chi connectivity index (χ1v) is 6.19. The maximum atomic E-state index is 11.8. The van der Waals surface area contributed by atoms with Gasteiger partial charge in [0.15, 0.2) is 0 Å². The number of morpholine rings is 1. The predicted molar refractivity (Wildman–Crippen MR) is 84.9 cm³/mol. The number of nitrogens with zero attached hydrogens (tertiary/aromatic N) is 1. The molecule has 0 unspecified atom stereocenters. The second-order valence-electron chi connectivity index (χ2n) is 4.33. The number of nitrogens with one attached hydrogen (secondary N) is 1. The topological polar surface area (TPSA) is 67.6 Å². The number of rotatable bonds is 4. The molecule has 1 fully saturated rings. The van der Waals surface area contributed by atoms with E-state index in [2.05, 4.69) is 10.2 Å². The second kappa shape index (κ2) is 9.83. The lowest BCUT2D eigenvalue weighted by atomic mass is 10.2. The van der Waals surface area contributed by atoms with Gasteiger partial charge >= 0.3 is 0 Å². The lowest BCUT2D eigenvalue weighted by Crippen LogP contribution is -2.41. The fourth-order valence-corrected chi connectivity index (χ4v) is 1.89. The third-order valence-electron chi connectivity index (χ3n) is 2.99. The lowest BCUT2D eigenvalue weighted by molar-refractivity contribution is 0.0383. The van der Waals surface area contributed by atoms with Crippen LogP contribution in [-0.4, -0.2) is 50.2 Å². The normalized spacial score (nSPS) is 14.8. The van der Waals surface area contributed by atoms with Crippen LogP contribution >= 0.6 is 24.8 Å². The van der Waals surface area contributed by atoms with Crippen molar-refractivity contribution in [3.63, 3.8) is 0 Å². The monoisotopic (exact) mass is 321 g/mol. The third kappa shape index (κ3) is 5.96. The van der Waals surface area contributed by atoms with E-state index in [4.69, 9.17) is 10.5 Å². The van der Waals surface area contributed by atoms with Gasteiger partial charge in [0.05, 0.1) is 13.2 Å². The molecule has 5 nitrogen and oxygen atoms in total. The third-order valence-corrected chi connectivity index (χ3v) is 2.99. The molecule has 0 radical (unpaired) electrons. The van der Waals surface area contributed by atoms with Crippen LogP contribution in [0.5, 0.6) is 0 Å². The maximum absolute atomic E-state index is 11.8. The van der Waals surface area contributed by atoms with E-state index in [0.29, 0.717) is 17.8 Å². The largest absolute Gasteiger partial charge is 0.399 e. The molecule has 0 saturated carbocycles. The van der Waals surface area contributed by atoms with Gasteiger partial charge in [0.2, 0.25) is 0 Å². The highest BCUT2D eigenvalue weighted by molar-refractivity contribution is 5.94. The molecule has 1 amide bonds. The summed E-state index contributed by atoms with van der Waals surface area (Å²) in [6.45, 7) is 4.97. The molecule has 0 bridgehead atoms. The molecule has 7 heteroatoms. The van der Waals surface area contributed by atoms with E-state index in [0.717, 1.165) is 32.8 Å². The summed E-state index contributed by atoms with van der Waals surface area (Å²) < 4.78 is 5.27. The van der Waals surface area contributed by atoms with Crippen LogP contribution in [0.15, 0.2) is 24.3 Å². The number of amides is 1. The van der Waals surface area contributed by atoms with E-state index in [9.17, 15) is 4.79 Å². The molecule has 0 aromatic heterocycles. The molecule has 114 valence electrons. The van der Waals surface area contributed by atoms with Crippen molar-refractivity contribution in [1.29, 1.82) is 0 Å². The van der Waals surface area contributed by atoms with Crippen LogP contribution in [0.1, 0.15) is 10.4 Å². The van der Waals surface area contributed by atoms with Gasteiger partial charge in [0, 0.05) is 37.4 Å². The fourth-order valence-electron chi connectivity index (χ4n) is 1.89. The lowest BCUT2D eigenvalue weighted by Gasteiger charge is -2.26. The molecule has 1 aliphatic rings. The second-order valence-corrected chi connectivity index (χ2v) is 4.33. The summed E-state index contributed by atoms with van der Waals surface area (Å²) in [5, 5.41) is 2.90. The summed E-state index contributed by atoms with van der Waals surface area (Å²) in [4.78, 5) is 14.1.